The van der Waals surface area contributed by atoms with Gasteiger partial charge in [-0.15, -0.1) is 0 Å². The van der Waals surface area contributed by atoms with Crippen LogP contribution in [0.15, 0.2) is 47.6 Å². The highest BCUT2D eigenvalue weighted by Crippen LogP contribution is 2.36. The van der Waals surface area contributed by atoms with Crippen LogP contribution in [0.4, 0.5) is 24.5 Å². The molecule has 2 N–H and O–H groups in total. The van der Waals surface area contributed by atoms with Crippen molar-refractivity contribution in [3.8, 4) is 0 Å². The van der Waals surface area contributed by atoms with Gasteiger partial charge < -0.3 is 10.2 Å². The molecule has 0 aliphatic carbocycles. The number of para-hydroxylation sites is 2. The third-order valence-corrected chi connectivity index (χ3v) is 6.50. The van der Waals surface area contributed by atoms with Crippen molar-refractivity contribution in [2.45, 2.75) is 30.6 Å². The van der Waals surface area contributed by atoms with E-state index in [-0.39, 0.29) is 17.3 Å². The number of thioether (sulfide) groups is 1. The molecule has 164 valence electrons. The van der Waals surface area contributed by atoms with Crippen molar-refractivity contribution in [2.75, 3.05) is 29.1 Å². The first-order valence-corrected chi connectivity index (χ1v) is 11.2. The summed E-state index contributed by atoms with van der Waals surface area (Å²) >= 11 is 1.31. The highest BCUT2D eigenvalue weighted by atomic mass is 32.2. The number of aryl methyl sites for hydroxylation is 1. The molecular formula is C22H24F3N4OS+. The van der Waals surface area contributed by atoms with E-state index in [1.165, 1.54) is 17.8 Å². The number of halogens is 3. The predicted molar refractivity (Wildman–Crippen MR) is 116 cm³/mol. The molecule has 1 amide bonds. The van der Waals surface area contributed by atoms with E-state index in [4.69, 9.17) is 0 Å². The number of aromatic amines is 1. The predicted octanol–water partition coefficient (Wildman–Crippen LogP) is 4.73. The highest BCUT2D eigenvalue weighted by molar-refractivity contribution is 7.99. The molecule has 2 aromatic carbocycles. The second-order valence-corrected chi connectivity index (χ2v) is 8.58. The summed E-state index contributed by atoms with van der Waals surface area (Å²) in [5.41, 5.74) is 2.05. The molecule has 5 nitrogen and oxygen atoms in total. The number of carbonyl (C=O) groups excluding carboxylic acids is 1. The molecule has 0 saturated carbocycles. The Bertz CT molecular complexity index is 1090. The number of aromatic nitrogens is 2. The zero-order chi connectivity index (χ0) is 22.0. The number of rotatable bonds is 5. The summed E-state index contributed by atoms with van der Waals surface area (Å²) in [4.78, 5) is 18.0. The largest absolute Gasteiger partial charge is 0.416 e. The molecule has 1 fully saturated rings. The number of benzene rings is 2. The van der Waals surface area contributed by atoms with E-state index < -0.39 is 11.7 Å². The number of hydrogen-bond donors (Lipinski definition) is 2. The highest BCUT2D eigenvalue weighted by Gasteiger charge is 2.32. The van der Waals surface area contributed by atoms with Crippen molar-refractivity contribution in [1.29, 1.82) is 0 Å². The van der Waals surface area contributed by atoms with Gasteiger partial charge in [-0.2, -0.15) is 13.2 Å². The van der Waals surface area contributed by atoms with Crippen molar-refractivity contribution in [3.63, 3.8) is 0 Å². The third kappa shape index (κ3) is 4.81. The van der Waals surface area contributed by atoms with Crippen molar-refractivity contribution in [1.82, 2.24) is 4.98 Å². The Morgan fingerprint density at radius 3 is 2.61 bits per heavy atom. The molecule has 3 aromatic rings. The van der Waals surface area contributed by atoms with Crippen molar-refractivity contribution in [2.24, 2.45) is 7.05 Å². The molecule has 1 aliphatic heterocycles. The van der Waals surface area contributed by atoms with Gasteiger partial charge in [0.2, 0.25) is 5.91 Å². The second-order valence-electron chi connectivity index (χ2n) is 7.62. The number of piperidine rings is 1. The number of nitrogens with zero attached hydrogens (tertiary/aromatic N) is 2. The van der Waals surface area contributed by atoms with Gasteiger partial charge in [0.25, 0.3) is 0 Å². The lowest BCUT2D eigenvalue weighted by molar-refractivity contribution is -0.683. The van der Waals surface area contributed by atoms with E-state index >= 15 is 0 Å². The van der Waals surface area contributed by atoms with Gasteiger partial charge in [0.1, 0.15) is 0 Å². The Morgan fingerprint density at radius 1 is 1.16 bits per heavy atom. The number of anilines is 2. The fourth-order valence-electron chi connectivity index (χ4n) is 3.86. The number of carbonyl (C=O) groups is 1. The van der Waals surface area contributed by atoms with Crippen LogP contribution < -0.4 is 14.8 Å². The molecule has 31 heavy (non-hydrogen) atoms. The van der Waals surface area contributed by atoms with Gasteiger partial charge in [-0.1, -0.05) is 12.1 Å². The lowest BCUT2D eigenvalue weighted by Gasteiger charge is -2.31. The zero-order valence-corrected chi connectivity index (χ0v) is 17.9. The normalized spacial score (nSPS) is 14.8. The maximum atomic E-state index is 13.3. The van der Waals surface area contributed by atoms with Gasteiger partial charge >= 0.3 is 11.3 Å². The van der Waals surface area contributed by atoms with Gasteiger partial charge in [-0.25, -0.2) is 9.55 Å². The molecule has 9 heteroatoms. The first-order valence-electron chi connectivity index (χ1n) is 10.2. The number of hydrogen-bond acceptors (Lipinski definition) is 3. The Hall–Kier alpha value is -2.68. The number of H-pyrrole nitrogens is 1. The van der Waals surface area contributed by atoms with Gasteiger partial charge in [-0.3, -0.25) is 4.79 Å². The van der Waals surface area contributed by atoms with Gasteiger partial charge in [0, 0.05) is 13.1 Å². The SMILES string of the molecule is C[n+]1c(SCC(=O)Nc2cc(C(F)(F)F)ccc2N2CCCCC2)[nH]c2ccccc21. The van der Waals surface area contributed by atoms with E-state index in [0.717, 1.165) is 60.7 Å². The lowest BCUT2D eigenvalue weighted by atomic mass is 10.1. The van der Waals surface area contributed by atoms with Gasteiger partial charge in [0.05, 0.1) is 29.7 Å². The Balaban J connectivity index is 1.52. The van der Waals surface area contributed by atoms with E-state index in [2.05, 4.69) is 10.3 Å². The molecule has 0 spiro atoms. The topological polar surface area (TPSA) is 52.0 Å². The minimum atomic E-state index is -4.47. The summed E-state index contributed by atoms with van der Waals surface area (Å²) < 4.78 is 41.7. The molecule has 2 heterocycles. The van der Waals surface area contributed by atoms with Crippen LogP contribution in [0.25, 0.3) is 11.0 Å². The Morgan fingerprint density at radius 2 is 1.90 bits per heavy atom. The molecule has 1 saturated heterocycles. The first-order chi connectivity index (χ1) is 14.8. The quantitative estimate of drug-likeness (QED) is 0.437. The van der Waals surface area contributed by atoms with Gasteiger partial charge in [-0.05, 0) is 61.4 Å². The smallest absolute Gasteiger partial charge is 0.370 e. The van der Waals surface area contributed by atoms with E-state index in [1.807, 2.05) is 40.8 Å². The van der Waals surface area contributed by atoms with Crippen molar-refractivity contribution >= 4 is 40.1 Å². The minimum Gasteiger partial charge on any atom is -0.370 e. The number of imidazole rings is 1. The lowest BCUT2D eigenvalue weighted by Crippen LogP contribution is -2.31. The standard InChI is InChI=1S/C22H23F3N4OS/c1-28-18-8-4-3-7-16(18)27-21(28)31-14-20(30)26-17-13-15(22(23,24)25)9-10-19(17)29-11-5-2-6-12-29/h3-4,7-10,13H,2,5-6,11-12,14H2,1H3,(H,26,30)/p+1. The molecule has 1 aromatic heterocycles. The minimum absolute atomic E-state index is 0.0797. The summed E-state index contributed by atoms with van der Waals surface area (Å²) in [6.07, 6.45) is -1.38. The van der Waals surface area contributed by atoms with Crippen molar-refractivity contribution < 1.29 is 22.5 Å². The summed E-state index contributed by atoms with van der Waals surface area (Å²) in [7, 11) is 1.90. The number of alkyl halides is 3. The maximum absolute atomic E-state index is 13.3. The third-order valence-electron chi connectivity index (χ3n) is 5.45. The van der Waals surface area contributed by atoms with Crippen LogP contribution in [-0.4, -0.2) is 29.7 Å². The number of amides is 1. The molecular weight excluding hydrogens is 425 g/mol. The fourth-order valence-corrected chi connectivity index (χ4v) is 4.67. The Kier molecular flexibility index (Phi) is 6.13. The molecule has 0 unspecified atom stereocenters. The van der Waals surface area contributed by atoms with Crippen LogP contribution in [0.5, 0.6) is 0 Å². The van der Waals surface area contributed by atoms with Crippen molar-refractivity contribution in [3.05, 3.63) is 48.0 Å². The van der Waals surface area contributed by atoms with Crippen LogP contribution in [-0.2, 0) is 18.0 Å². The van der Waals surface area contributed by atoms with E-state index in [9.17, 15) is 18.0 Å². The average molecular weight is 450 g/mol. The summed E-state index contributed by atoms with van der Waals surface area (Å²) in [5, 5.41) is 3.52. The zero-order valence-electron chi connectivity index (χ0n) is 17.1. The molecule has 0 atom stereocenters. The summed E-state index contributed by atoms with van der Waals surface area (Å²) in [6, 6.07) is 11.4. The maximum Gasteiger partial charge on any atom is 0.416 e. The first kappa shape index (κ1) is 21.5. The Labute approximate surface area is 182 Å². The van der Waals surface area contributed by atoms with Crippen LogP contribution >= 0.6 is 11.8 Å². The molecule has 0 bridgehead atoms. The molecule has 0 radical (unpaired) electrons. The number of nitrogens with one attached hydrogen (secondary N) is 2. The molecule has 1 aliphatic rings. The molecule has 4 rings (SSSR count). The second kappa shape index (κ2) is 8.82. The van der Waals surface area contributed by atoms with E-state index in [1.54, 1.807) is 0 Å². The van der Waals surface area contributed by atoms with Gasteiger partial charge in [0.15, 0.2) is 11.0 Å². The monoisotopic (exact) mass is 449 g/mol. The summed E-state index contributed by atoms with van der Waals surface area (Å²) in [5.74, 6) is -0.266. The average Bonchev–Trinajstić information content (AvgIpc) is 3.08. The van der Waals surface area contributed by atoms with Crippen LogP contribution in [0.2, 0.25) is 0 Å². The fraction of sp³-hybridized carbons (Fsp3) is 0.364. The number of fused-ring (bicyclic) bond motifs is 1. The summed E-state index contributed by atoms with van der Waals surface area (Å²) in [6.45, 7) is 1.54. The van der Waals surface area contributed by atoms with Crippen LogP contribution in [0.1, 0.15) is 24.8 Å². The van der Waals surface area contributed by atoms with E-state index in [0.29, 0.717) is 5.69 Å². The van der Waals surface area contributed by atoms with Crippen LogP contribution in [0.3, 0.4) is 0 Å². The van der Waals surface area contributed by atoms with Crippen LogP contribution in [0, 0.1) is 0 Å².